The number of aromatic nitrogens is 2. The van der Waals surface area contributed by atoms with Gasteiger partial charge in [-0.25, -0.2) is 4.79 Å². The van der Waals surface area contributed by atoms with Gasteiger partial charge in [0.2, 0.25) is 0 Å². The number of carbonyl (C=O) groups excluding carboxylic acids is 3. The van der Waals surface area contributed by atoms with Crippen LogP contribution in [0, 0.1) is 0 Å². The summed E-state index contributed by atoms with van der Waals surface area (Å²) >= 11 is 0. The normalized spacial score (nSPS) is 12.8. The van der Waals surface area contributed by atoms with Crippen LogP contribution in [0.1, 0.15) is 27.4 Å². The monoisotopic (exact) mass is 415 g/mol. The number of amides is 4. The van der Waals surface area contributed by atoms with Gasteiger partial charge in [0.05, 0.1) is 11.4 Å². The molecule has 3 rings (SSSR count). The highest BCUT2D eigenvalue weighted by Crippen LogP contribution is 2.18. The van der Waals surface area contributed by atoms with Gasteiger partial charge in [-0.3, -0.25) is 9.59 Å². The summed E-state index contributed by atoms with van der Waals surface area (Å²) in [5, 5.41) is 8.47. The highest BCUT2D eigenvalue weighted by atomic mass is 16.2. The fourth-order valence-electron chi connectivity index (χ4n) is 3.06. The summed E-state index contributed by atoms with van der Waals surface area (Å²) in [6.45, 7) is 2.99. The molecule has 30 heavy (non-hydrogen) atoms. The first kappa shape index (κ1) is 21.4. The molecule has 10 nitrogen and oxygen atoms in total. The highest BCUT2D eigenvalue weighted by Gasteiger charge is 2.24. The largest absolute Gasteiger partial charge is 0.351 e. The van der Waals surface area contributed by atoms with Crippen molar-refractivity contribution in [3.63, 3.8) is 0 Å². The van der Waals surface area contributed by atoms with Crippen LogP contribution in [0.4, 0.5) is 16.2 Å². The average Bonchev–Trinajstić information content (AvgIpc) is 3.37. The molecule has 0 saturated carbocycles. The van der Waals surface area contributed by atoms with Crippen LogP contribution in [-0.2, 0) is 14.1 Å². The molecule has 2 aromatic heterocycles. The minimum atomic E-state index is -0.326. The zero-order chi connectivity index (χ0) is 21.8. The van der Waals surface area contributed by atoms with Crippen molar-refractivity contribution in [1.29, 1.82) is 0 Å². The first-order valence-corrected chi connectivity index (χ1v) is 9.87. The molecule has 0 atom stereocenters. The first-order chi connectivity index (χ1) is 14.2. The maximum Gasteiger partial charge on any atom is 0.322 e. The van der Waals surface area contributed by atoms with Crippen LogP contribution in [0.2, 0.25) is 0 Å². The summed E-state index contributed by atoms with van der Waals surface area (Å²) in [7, 11) is 7.47. The van der Waals surface area contributed by atoms with Crippen molar-refractivity contribution >= 4 is 29.2 Å². The van der Waals surface area contributed by atoms with Crippen LogP contribution < -0.4 is 16.0 Å². The predicted molar refractivity (Wildman–Crippen MR) is 115 cm³/mol. The minimum absolute atomic E-state index is 0.170. The lowest BCUT2D eigenvalue weighted by molar-refractivity contribution is 0.0943. The van der Waals surface area contributed by atoms with Gasteiger partial charge in [-0.15, -0.1) is 0 Å². The fourth-order valence-corrected chi connectivity index (χ4v) is 3.06. The van der Waals surface area contributed by atoms with E-state index in [1.165, 1.54) is 0 Å². The third-order valence-corrected chi connectivity index (χ3v) is 4.79. The Morgan fingerprint density at radius 3 is 2.07 bits per heavy atom. The van der Waals surface area contributed by atoms with Crippen LogP contribution in [-0.4, -0.2) is 77.1 Å². The Bertz CT molecular complexity index is 940. The number of urea groups is 1. The molecule has 0 bridgehead atoms. The number of hydrogen-bond acceptors (Lipinski definition) is 4. The third-order valence-electron chi connectivity index (χ3n) is 4.79. The number of hydrogen-bond donors (Lipinski definition) is 3. The van der Waals surface area contributed by atoms with Gasteiger partial charge in [0.15, 0.2) is 0 Å². The van der Waals surface area contributed by atoms with Gasteiger partial charge < -0.3 is 34.9 Å². The van der Waals surface area contributed by atoms with Crippen LogP contribution in [0.15, 0.2) is 24.5 Å². The van der Waals surface area contributed by atoms with E-state index in [9.17, 15) is 14.4 Å². The van der Waals surface area contributed by atoms with E-state index >= 15 is 0 Å². The lowest BCUT2D eigenvalue weighted by atomic mass is 10.3. The van der Waals surface area contributed by atoms with Crippen molar-refractivity contribution < 1.29 is 14.4 Å². The van der Waals surface area contributed by atoms with E-state index in [-0.39, 0.29) is 17.8 Å². The van der Waals surface area contributed by atoms with E-state index in [1.807, 2.05) is 14.1 Å². The first-order valence-electron chi connectivity index (χ1n) is 9.87. The Labute approximate surface area is 175 Å². The number of rotatable bonds is 8. The Hall–Kier alpha value is -3.27. The summed E-state index contributed by atoms with van der Waals surface area (Å²) in [5.74, 6) is -0.510. The number of anilines is 2. The molecule has 0 spiro atoms. The maximum atomic E-state index is 12.7. The molecular weight excluding hydrogens is 386 g/mol. The Morgan fingerprint density at radius 1 is 0.933 bits per heavy atom. The molecule has 1 aliphatic heterocycles. The molecule has 162 valence electrons. The van der Waals surface area contributed by atoms with Crippen LogP contribution in [0.3, 0.4) is 0 Å². The van der Waals surface area contributed by atoms with E-state index in [4.69, 9.17) is 0 Å². The van der Waals surface area contributed by atoms with Crippen molar-refractivity contribution in [1.82, 2.24) is 24.3 Å². The molecule has 1 aliphatic rings. The second kappa shape index (κ2) is 9.04. The fraction of sp³-hybridized carbons (Fsp3) is 0.450. The lowest BCUT2D eigenvalue weighted by Crippen LogP contribution is -2.28. The highest BCUT2D eigenvalue weighted by molar-refractivity contribution is 6.05. The SMILES string of the molecule is CN(C)CCCNC(=O)c1cc(NC(=O)c2cc(NC(=O)N3CC3)cn2C)cn1C. The van der Waals surface area contributed by atoms with Crippen LogP contribution >= 0.6 is 0 Å². The second-order valence-corrected chi connectivity index (χ2v) is 7.73. The summed E-state index contributed by atoms with van der Waals surface area (Å²) in [4.78, 5) is 40.6. The Morgan fingerprint density at radius 2 is 1.50 bits per heavy atom. The molecule has 3 heterocycles. The summed E-state index contributed by atoms with van der Waals surface area (Å²) in [6.07, 6.45) is 4.24. The van der Waals surface area contributed by atoms with Gasteiger partial charge in [0, 0.05) is 46.1 Å². The summed E-state index contributed by atoms with van der Waals surface area (Å²) in [6, 6.07) is 3.10. The molecular formula is C20H29N7O3. The van der Waals surface area contributed by atoms with Crippen molar-refractivity contribution in [2.24, 2.45) is 14.1 Å². The molecule has 0 aliphatic carbocycles. The van der Waals surface area contributed by atoms with Crippen molar-refractivity contribution in [2.75, 3.05) is 50.9 Å². The van der Waals surface area contributed by atoms with E-state index in [2.05, 4.69) is 20.9 Å². The number of aryl methyl sites for hydroxylation is 2. The van der Waals surface area contributed by atoms with Gasteiger partial charge in [0.25, 0.3) is 11.8 Å². The van der Waals surface area contributed by atoms with Crippen molar-refractivity contribution in [3.05, 3.63) is 35.9 Å². The van der Waals surface area contributed by atoms with Crippen LogP contribution in [0.25, 0.3) is 0 Å². The standard InChI is InChI=1S/C20H29N7O3/c1-24(2)7-5-6-21-18(28)16-10-14(12-25(16)3)22-19(29)17-11-15(13-26(17)4)23-20(30)27-8-9-27/h10-13H,5-9H2,1-4H3,(H,21,28)(H,22,29)(H,23,30). The molecule has 1 fully saturated rings. The second-order valence-electron chi connectivity index (χ2n) is 7.73. The van der Waals surface area contributed by atoms with Gasteiger partial charge in [-0.1, -0.05) is 0 Å². The van der Waals surface area contributed by atoms with E-state index < -0.39 is 0 Å². The lowest BCUT2D eigenvalue weighted by Gasteiger charge is -2.10. The zero-order valence-corrected chi connectivity index (χ0v) is 17.9. The number of nitrogens with one attached hydrogen (secondary N) is 3. The topological polar surface area (TPSA) is 103 Å². The Kier molecular flexibility index (Phi) is 6.46. The number of carbonyl (C=O) groups is 3. The van der Waals surface area contributed by atoms with Gasteiger partial charge >= 0.3 is 6.03 Å². The maximum absolute atomic E-state index is 12.7. The Balaban J connectivity index is 1.59. The summed E-state index contributed by atoms with van der Waals surface area (Å²) < 4.78 is 3.33. The smallest absolute Gasteiger partial charge is 0.322 e. The molecule has 3 N–H and O–H groups in total. The van der Waals surface area contributed by atoms with Crippen molar-refractivity contribution in [3.8, 4) is 0 Å². The van der Waals surface area contributed by atoms with Crippen LogP contribution in [0.5, 0.6) is 0 Å². The van der Waals surface area contributed by atoms with E-state index in [1.54, 1.807) is 52.7 Å². The van der Waals surface area contributed by atoms with E-state index in [0.717, 1.165) is 26.1 Å². The molecule has 2 aromatic rings. The predicted octanol–water partition coefficient (Wildman–Crippen LogP) is 1.14. The molecule has 1 saturated heterocycles. The quantitative estimate of drug-likeness (QED) is 0.444. The van der Waals surface area contributed by atoms with Crippen molar-refractivity contribution in [2.45, 2.75) is 6.42 Å². The minimum Gasteiger partial charge on any atom is -0.351 e. The number of nitrogens with zero attached hydrogens (tertiary/aromatic N) is 4. The van der Waals surface area contributed by atoms with Gasteiger partial charge in [-0.05, 0) is 39.2 Å². The zero-order valence-electron chi connectivity index (χ0n) is 17.9. The average molecular weight is 415 g/mol. The molecule has 0 radical (unpaired) electrons. The molecule has 0 aromatic carbocycles. The molecule has 4 amide bonds. The summed E-state index contributed by atoms with van der Waals surface area (Å²) in [5.41, 5.74) is 1.95. The molecule has 0 unspecified atom stereocenters. The van der Waals surface area contributed by atoms with Gasteiger partial charge in [0.1, 0.15) is 11.4 Å². The van der Waals surface area contributed by atoms with Gasteiger partial charge in [-0.2, -0.15) is 0 Å². The van der Waals surface area contributed by atoms with E-state index in [0.29, 0.717) is 29.3 Å². The third kappa shape index (κ3) is 5.41. The molecule has 10 heteroatoms.